The van der Waals surface area contributed by atoms with E-state index < -0.39 is 17.5 Å². The van der Waals surface area contributed by atoms with Crippen molar-refractivity contribution in [3.05, 3.63) is 65.2 Å². The van der Waals surface area contributed by atoms with Gasteiger partial charge in [-0.3, -0.25) is 4.79 Å². The fraction of sp³-hybridized carbons (Fsp3) is 0.263. The largest absolute Gasteiger partial charge is 0.507 e. The molecule has 0 bridgehead atoms. The number of hydrogen-bond acceptors (Lipinski definition) is 3. The Bertz CT molecular complexity index is 818. The van der Waals surface area contributed by atoms with Crippen LogP contribution in [-0.4, -0.2) is 36.6 Å². The summed E-state index contributed by atoms with van der Waals surface area (Å²) < 4.78 is 26.9. The second-order valence-corrected chi connectivity index (χ2v) is 5.63. The number of nitrogens with zero attached hydrogens (tertiary/aromatic N) is 1. The Morgan fingerprint density at radius 1 is 1.07 bits per heavy atom. The first kappa shape index (κ1) is 23.6. The molecule has 2 aromatic rings. The summed E-state index contributed by atoms with van der Waals surface area (Å²) in [5.74, 6) is -1.11. The predicted molar refractivity (Wildman–Crippen MR) is 115 cm³/mol. The molecule has 2 aromatic carbocycles. The van der Waals surface area contributed by atoms with Crippen molar-refractivity contribution < 1.29 is 18.7 Å². The molecule has 9 heteroatoms. The van der Waals surface area contributed by atoms with E-state index in [-0.39, 0.29) is 53.9 Å². The van der Waals surface area contributed by atoms with Crippen molar-refractivity contribution in [2.75, 3.05) is 19.6 Å². The molecular formula is C19H23F2IN4O2. The van der Waals surface area contributed by atoms with E-state index in [2.05, 4.69) is 20.9 Å². The van der Waals surface area contributed by atoms with Crippen LogP contribution in [0, 0.1) is 11.6 Å². The van der Waals surface area contributed by atoms with Crippen molar-refractivity contribution in [3.63, 3.8) is 0 Å². The van der Waals surface area contributed by atoms with E-state index in [1.165, 1.54) is 12.1 Å². The smallest absolute Gasteiger partial charge is 0.255 e. The molecular weight excluding hydrogens is 481 g/mol. The summed E-state index contributed by atoms with van der Waals surface area (Å²) in [7, 11) is 0. The number of hydrogen-bond donors (Lipinski definition) is 4. The summed E-state index contributed by atoms with van der Waals surface area (Å²) in [5.41, 5.74) is 0.347. The van der Waals surface area contributed by atoms with Crippen LogP contribution in [-0.2, 0) is 6.54 Å². The number of aromatic hydroxyl groups is 1. The SMILES string of the molecule is CCNC(=NCc1cc(F)ccc1F)NCCNC(=O)c1ccccc1O.I. The second kappa shape index (κ2) is 12.1. The standard InChI is InChI=1S/C19H22F2N4O2.HI/c1-2-22-19(25-12-13-11-14(20)7-8-16(13)21)24-10-9-23-18(27)15-5-3-4-6-17(15)26;/h3-8,11,26H,2,9-10,12H2,1H3,(H,23,27)(H2,22,24,25);1H. The van der Waals surface area contributed by atoms with Crippen molar-refractivity contribution >= 4 is 35.8 Å². The number of aliphatic imine (C=N–C) groups is 1. The van der Waals surface area contributed by atoms with E-state index >= 15 is 0 Å². The highest BCUT2D eigenvalue weighted by molar-refractivity contribution is 14.0. The minimum atomic E-state index is -0.522. The van der Waals surface area contributed by atoms with E-state index in [9.17, 15) is 18.7 Å². The molecule has 1 amide bonds. The number of guanidine groups is 1. The second-order valence-electron chi connectivity index (χ2n) is 5.63. The number of rotatable bonds is 7. The van der Waals surface area contributed by atoms with Crippen LogP contribution in [0.15, 0.2) is 47.5 Å². The Morgan fingerprint density at radius 2 is 1.79 bits per heavy atom. The van der Waals surface area contributed by atoms with Gasteiger partial charge in [-0.25, -0.2) is 13.8 Å². The van der Waals surface area contributed by atoms with Crippen LogP contribution < -0.4 is 16.0 Å². The van der Waals surface area contributed by atoms with Crippen LogP contribution in [0.4, 0.5) is 8.78 Å². The summed E-state index contributed by atoms with van der Waals surface area (Å²) >= 11 is 0. The van der Waals surface area contributed by atoms with Gasteiger partial charge < -0.3 is 21.1 Å². The van der Waals surface area contributed by atoms with E-state index in [1.54, 1.807) is 12.1 Å². The molecule has 0 fully saturated rings. The van der Waals surface area contributed by atoms with Crippen molar-refractivity contribution in [2.24, 2.45) is 4.99 Å². The lowest BCUT2D eigenvalue weighted by Crippen LogP contribution is -2.41. The molecule has 0 radical (unpaired) electrons. The molecule has 4 N–H and O–H groups in total. The maximum atomic E-state index is 13.7. The molecule has 28 heavy (non-hydrogen) atoms. The normalized spacial score (nSPS) is 10.8. The van der Waals surface area contributed by atoms with E-state index in [4.69, 9.17) is 0 Å². The molecule has 0 unspecified atom stereocenters. The topological polar surface area (TPSA) is 85.8 Å². The third kappa shape index (κ3) is 7.29. The van der Waals surface area contributed by atoms with Gasteiger partial charge in [-0.05, 0) is 37.3 Å². The van der Waals surface area contributed by atoms with Crippen molar-refractivity contribution in [3.8, 4) is 5.75 Å². The zero-order valence-electron chi connectivity index (χ0n) is 15.3. The number of halogens is 3. The number of carbonyl (C=O) groups is 1. The Kier molecular flexibility index (Phi) is 10.2. The summed E-state index contributed by atoms with van der Waals surface area (Å²) in [6.07, 6.45) is 0. The van der Waals surface area contributed by atoms with Gasteiger partial charge in [0.15, 0.2) is 5.96 Å². The zero-order chi connectivity index (χ0) is 19.6. The minimum absolute atomic E-state index is 0. The van der Waals surface area contributed by atoms with Crippen LogP contribution in [0.3, 0.4) is 0 Å². The number of phenols is 1. The van der Waals surface area contributed by atoms with Gasteiger partial charge in [0.25, 0.3) is 5.91 Å². The van der Waals surface area contributed by atoms with Crippen molar-refractivity contribution in [2.45, 2.75) is 13.5 Å². The highest BCUT2D eigenvalue weighted by Gasteiger charge is 2.09. The third-order valence-electron chi connectivity index (χ3n) is 3.61. The Labute approximate surface area is 179 Å². The van der Waals surface area contributed by atoms with Gasteiger partial charge in [0.2, 0.25) is 0 Å². The van der Waals surface area contributed by atoms with E-state index in [0.29, 0.717) is 19.0 Å². The van der Waals surface area contributed by atoms with Crippen LogP contribution in [0.1, 0.15) is 22.8 Å². The Hall–Kier alpha value is -2.43. The summed E-state index contributed by atoms with van der Waals surface area (Å²) in [6, 6.07) is 9.48. The zero-order valence-corrected chi connectivity index (χ0v) is 17.7. The molecule has 2 rings (SSSR count). The van der Waals surface area contributed by atoms with Gasteiger partial charge in [0.1, 0.15) is 17.4 Å². The third-order valence-corrected chi connectivity index (χ3v) is 3.61. The van der Waals surface area contributed by atoms with E-state index in [0.717, 1.165) is 18.2 Å². The highest BCUT2D eigenvalue weighted by Crippen LogP contribution is 2.14. The van der Waals surface area contributed by atoms with E-state index in [1.807, 2.05) is 6.92 Å². The predicted octanol–water partition coefficient (Wildman–Crippen LogP) is 2.77. The highest BCUT2D eigenvalue weighted by atomic mass is 127. The molecule has 0 atom stereocenters. The fourth-order valence-corrected chi connectivity index (χ4v) is 2.29. The molecule has 0 aliphatic carbocycles. The molecule has 0 aliphatic rings. The molecule has 0 saturated carbocycles. The van der Waals surface area contributed by atoms with Gasteiger partial charge in [0.05, 0.1) is 12.1 Å². The molecule has 152 valence electrons. The minimum Gasteiger partial charge on any atom is -0.507 e. The molecule has 0 aromatic heterocycles. The molecule has 6 nitrogen and oxygen atoms in total. The van der Waals surface area contributed by atoms with Crippen LogP contribution >= 0.6 is 24.0 Å². The fourth-order valence-electron chi connectivity index (χ4n) is 2.29. The summed E-state index contributed by atoms with van der Waals surface area (Å²) in [5, 5.41) is 18.3. The maximum absolute atomic E-state index is 13.7. The summed E-state index contributed by atoms with van der Waals surface area (Å²) in [6.45, 7) is 3.08. The molecule has 0 heterocycles. The summed E-state index contributed by atoms with van der Waals surface area (Å²) in [4.78, 5) is 16.2. The molecule has 0 spiro atoms. The quantitative estimate of drug-likeness (QED) is 0.202. The average molecular weight is 504 g/mol. The van der Waals surface area contributed by atoms with Gasteiger partial charge in [-0.1, -0.05) is 12.1 Å². The maximum Gasteiger partial charge on any atom is 0.255 e. The number of benzene rings is 2. The van der Waals surface area contributed by atoms with Gasteiger partial charge in [-0.2, -0.15) is 0 Å². The monoisotopic (exact) mass is 504 g/mol. The lowest BCUT2D eigenvalue weighted by molar-refractivity contribution is 0.0951. The Balaban J connectivity index is 0.00000392. The van der Waals surface area contributed by atoms with Gasteiger partial charge >= 0.3 is 0 Å². The van der Waals surface area contributed by atoms with Crippen molar-refractivity contribution in [1.29, 1.82) is 0 Å². The van der Waals surface area contributed by atoms with Crippen LogP contribution in [0.2, 0.25) is 0 Å². The number of para-hydroxylation sites is 1. The van der Waals surface area contributed by atoms with Crippen molar-refractivity contribution in [1.82, 2.24) is 16.0 Å². The first-order valence-electron chi connectivity index (χ1n) is 8.53. The van der Waals surface area contributed by atoms with Gasteiger partial charge in [0, 0.05) is 25.2 Å². The number of phenolic OH excluding ortho intramolecular Hbond substituents is 1. The number of nitrogens with one attached hydrogen (secondary N) is 3. The van der Waals surface area contributed by atoms with Crippen LogP contribution in [0.5, 0.6) is 5.75 Å². The number of amides is 1. The lowest BCUT2D eigenvalue weighted by atomic mass is 10.2. The lowest BCUT2D eigenvalue weighted by Gasteiger charge is -2.12. The molecule has 0 aliphatic heterocycles. The van der Waals surface area contributed by atoms with Crippen LogP contribution in [0.25, 0.3) is 0 Å². The average Bonchev–Trinajstić information content (AvgIpc) is 2.65. The first-order valence-corrected chi connectivity index (χ1v) is 8.53. The Morgan fingerprint density at radius 3 is 2.50 bits per heavy atom. The molecule has 0 saturated heterocycles. The first-order chi connectivity index (χ1) is 13.0. The number of carbonyl (C=O) groups excluding carboxylic acids is 1. The van der Waals surface area contributed by atoms with Gasteiger partial charge in [-0.15, -0.1) is 24.0 Å².